The molecular formula is C25H23ORh. The maximum atomic E-state index is 5.55. The van der Waals surface area contributed by atoms with Gasteiger partial charge in [0, 0.05) is 6.61 Å². The average Bonchev–Trinajstić information content (AvgIpc) is 3.12. The van der Waals surface area contributed by atoms with Crippen LogP contribution in [-0.2, 0) is 24.2 Å². The van der Waals surface area contributed by atoms with E-state index in [-0.39, 0.29) is 26.9 Å². The molecule has 0 amide bonds. The van der Waals surface area contributed by atoms with Crippen molar-refractivity contribution in [3.63, 3.8) is 0 Å². The monoisotopic (exact) mass is 442 g/mol. The van der Waals surface area contributed by atoms with Crippen molar-refractivity contribution in [1.29, 1.82) is 0 Å². The van der Waals surface area contributed by atoms with Crippen molar-refractivity contribution in [3.8, 4) is 0 Å². The Morgan fingerprint density at radius 3 is 1.93 bits per heavy atom. The van der Waals surface area contributed by atoms with Crippen molar-refractivity contribution in [1.82, 2.24) is 0 Å². The van der Waals surface area contributed by atoms with E-state index in [1.807, 2.05) is 66.7 Å². The molecule has 0 saturated carbocycles. The normalized spacial score (nSPS) is 15.3. The van der Waals surface area contributed by atoms with E-state index in [0.29, 0.717) is 13.2 Å². The minimum absolute atomic E-state index is 0. The van der Waals surface area contributed by atoms with Gasteiger partial charge in [-0.3, -0.25) is 0 Å². The molecule has 2 heteroatoms. The molecule has 0 atom stereocenters. The molecule has 1 saturated heterocycles. The zero-order valence-corrected chi connectivity index (χ0v) is 17.0. The van der Waals surface area contributed by atoms with E-state index >= 15 is 0 Å². The summed E-state index contributed by atoms with van der Waals surface area (Å²) in [7, 11) is 0. The quantitative estimate of drug-likeness (QED) is 0.360. The summed E-state index contributed by atoms with van der Waals surface area (Å²) in [6, 6.07) is 33.0. The van der Waals surface area contributed by atoms with Crippen molar-refractivity contribution >= 4 is 6.08 Å². The van der Waals surface area contributed by atoms with Crippen LogP contribution in [0.2, 0.25) is 0 Å². The number of rotatable bonds is 2. The largest absolute Gasteiger partial charge is 3.00 e. The summed E-state index contributed by atoms with van der Waals surface area (Å²) in [6.07, 6.45) is 5.61. The van der Waals surface area contributed by atoms with Gasteiger partial charge in [0.15, 0.2) is 0 Å². The Morgan fingerprint density at radius 1 is 0.778 bits per heavy atom. The standard InChI is InChI=1S/C18H15O.C6H5.CH3.Rh/c1-3-7-15(8-4-1)11-17-13-19-14-18(17)12-16-9-5-2-6-10-16;1-2-4-6-5-3-1;;/h1-11H,13-14H2;1-5H;1H3;/q3*-1;+3/b17-11+;;;. The summed E-state index contributed by atoms with van der Waals surface area (Å²) in [5.41, 5.74) is 4.67. The fourth-order valence-corrected chi connectivity index (χ4v) is 2.48. The van der Waals surface area contributed by atoms with Gasteiger partial charge in [-0.25, -0.2) is 0 Å². The molecule has 3 aromatic rings. The fraction of sp³-hybridized carbons (Fsp3) is 0.0800. The zero-order valence-electron chi connectivity index (χ0n) is 15.4. The molecule has 0 spiro atoms. The summed E-state index contributed by atoms with van der Waals surface area (Å²) in [5.74, 6) is 0. The second-order valence-electron chi connectivity index (χ2n) is 5.62. The molecule has 0 radical (unpaired) electrons. The molecule has 1 aliphatic rings. The van der Waals surface area contributed by atoms with Crippen LogP contribution in [0.15, 0.2) is 102 Å². The van der Waals surface area contributed by atoms with Crippen LogP contribution < -0.4 is 0 Å². The summed E-state index contributed by atoms with van der Waals surface area (Å²) < 4.78 is 5.55. The minimum atomic E-state index is 0. The average molecular weight is 442 g/mol. The first-order valence-corrected chi connectivity index (χ1v) is 8.34. The van der Waals surface area contributed by atoms with Crippen molar-refractivity contribution in [2.24, 2.45) is 0 Å². The van der Waals surface area contributed by atoms with Crippen LogP contribution in [0.5, 0.6) is 0 Å². The maximum absolute atomic E-state index is 5.55. The molecule has 1 nitrogen and oxygen atoms in total. The van der Waals surface area contributed by atoms with Gasteiger partial charge in [-0.2, -0.15) is 36.4 Å². The SMILES string of the molecule is [C-](=C1COC/C1=C\c1ccccc1)c1ccccc1.[CH3-].[Rh+3].[c-]1ccccc1. The zero-order chi connectivity index (χ0) is 17.2. The van der Waals surface area contributed by atoms with Crippen molar-refractivity contribution in [3.05, 3.63) is 133 Å². The molecule has 138 valence electrons. The predicted molar refractivity (Wildman–Crippen MR) is 109 cm³/mol. The molecule has 1 aliphatic heterocycles. The van der Waals surface area contributed by atoms with Gasteiger partial charge >= 0.3 is 19.5 Å². The van der Waals surface area contributed by atoms with E-state index in [1.165, 1.54) is 11.1 Å². The van der Waals surface area contributed by atoms with E-state index in [9.17, 15) is 0 Å². The maximum Gasteiger partial charge on any atom is 3.00 e. The molecule has 0 unspecified atom stereocenters. The van der Waals surface area contributed by atoms with Crippen LogP contribution in [0.3, 0.4) is 0 Å². The molecule has 1 heterocycles. The number of ether oxygens (including phenoxy) is 1. The van der Waals surface area contributed by atoms with Gasteiger partial charge in [0.05, 0.1) is 6.61 Å². The summed E-state index contributed by atoms with van der Waals surface area (Å²) >= 11 is 0. The van der Waals surface area contributed by atoms with Crippen LogP contribution >= 0.6 is 0 Å². The Balaban J connectivity index is 0.000000393. The van der Waals surface area contributed by atoms with Gasteiger partial charge in [-0.1, -0.05) is 48.0 Å². The van der Waals surface area contributed by atoms with E-state index in [0.717, 1.165) is 11.1 Å². The van der Waals surface area contributed by atoms with Crippen molar-refractivity contribution < 1.29 is 24.2 Å². The molecule has 4 rings (SSSR count). The third-order valence-electron chi connectivity index (χ3n) is 3.71. The van der Waals surface area contributed by atoms with Crippen molar-refractivity contribution in [2.45, 2.75) is 0 Å². The van der Waals surface area contributed by atoms with Gasteiger partial charge in [0.25, 0.3) is 0 Å². The van der Waals surface area contributed by atoms with Gasteiger partial charge < -0.3 is 12.2 Å². The summed E-state index contributed by atoms with van der Waals surface area (Å²) in [5, 5.41) is 0. The smallest absolute Gasteiger partial charge is 0.383 e. The minimum Gasteiger partial charge on any atom is -0.383 e. The Hall–Kier alpha value is -2.28. The Labute approximate surface area is 176 Å². The van der Waals surface area contributed by atoms with E-state index in [1.54, 1.807) is 0 Å². The van der Waals surface area contributed by atoms with Crippen LogP contribution in [0.25, 0.3) is 6.08 Å². The van der Waals surface area contributed by atoms with E-state index in [4.69, 9.17) is 4.74 Å². The van der Waals surface area contributed by atoms with Crippen LogP contribution in [0, 0.1) is 19.6 Å². The van der Waals surface area contributed by atoms with Gasteiger partial charge in [-0.15, -0.1) is 41.5 Å². The molecule has 0 N–H and O–H groups in total. The predicted octanol–water partition coefficient (Wildman–Crippen LogP) is 5.81. The molecular weight excluding hydrogens is 419 g/mol. The first-order valence-electron chi connectivity index (χ1n) is 8.34. The second-order valence-corrected chi connectivity index (χ2v) is 5.62. The third kappa shape index (κ3) is 7.87. The molecule has 27 heavy (non-hydrogen) atoms. The van der Waals surface area contributed by atoms with Gasteiger partial charge in [-0.05, 0) is 5.56 Å². The van der Waals surface area contributed by atoms with Gasteiger partial charge in [0.1, 0.15) is 0 Å². The van der Waals surface area contributed by atoms with Gasteiger partial charge in [0.2, 0.25) is 0 Å². The van der Waals surface area contributed by atoms with Crippen LogP contribution in [0.4, 0.5) is 0 Å². The molecule has 0 aromatic heterocycles. The third-order valence-corrected chi connectivity index (χ3v) is 3.71. The molecule has 0 aliphatic carbocycles. The first-order chi connectivity index (χ1) is 12.4. The second kappa shape index (κ2) is 13.0. The number of hydrogen-bond acceptors (Lipinski definition) is 1. The Bertz CT molecular complexity index is 727. The molecule has 1 fully saturated rings. The van der Waals surface area contributed by atoms with Crippen LogP contribution in [0.1, 0.15) is 11.1 Å². The van der Waals surface area contributed by atoms with Crippen molar-refractivity contribution in [2.75, 3.05) is 13.2 Å². The number of benzene rings is 3. The first kappa shape index (κ1) is 22.8. The van der Waals surface area contributed by atoms with E-state index < -0.39 is 0 Å². The fourth-order valence-electron chi connectivity index (χ4n) is 2.48. The summed E-state index contributed by atoms with van der Waals surface area (Å²) in [4.78, 5) is 0. The summed E-state index contributed by atoms with van der Waals surface area (Å²) in [6.45, 7) is 1.32. The number of hydrogen-bond donors (Lipinski definition) is 0. The topological polar surface area (TPSA) is 9.23 Å². The molecule has 0 bridgehead atoms. The molecule has 3 aromatic carbocycles. The van der Waals surface area contributed by atoms with Crippen LogP contribution in [-0.4, -0.2) is 13.2 Å². The van der Waals surface area contributed by atoms with E-state index in [2.05, 4.69) is 42.5 Å². The Kier molecular flexibility index (Phi) is 10.9. The Morgan fingerprint density at radius 2 is 1.37 bits per heavy atom.